The first kappa shape index (κ1) is 16.8. The number of hydrogen-bond acceptors (Lipinski definition) is 3. The number of aliphatic hydroxyl groups is 1. The molecule has 4 aliphatic heterocycles. The van der Waals surface area contributed by atoms with Crippen molar-refractivity contribution in [2.75, 3.05) is 26.2 Å². The largest absolute Gasteiger partial charge is 0.392 e. The van der Waals surface area contributed by atoms with Crippen molar-refractivity contribution in [3.8, 4) is 0 Å². The molecule has 4 aliphatic rings. The third-order valence-electron chi connectivity index (χ3n) is 8.04. The lowest BCUT2D eigenvalue weighted by Gasteiger charge is -2.69. The van der Waals surface area contributed by atoms with Gasteiger partial charge in [-0.05, 0) is 25.8 Å². The highest BCUT2D eigenvalue weighted by atomic mass is 16.3. The van der Waals surface area contributed by atoms with Gasteiger partial charge in [0.2, 0.25) is 0 Å². The van der Waals surface area contributed by atoms with Crippen molar-refractivity contribution < 1.29 is 5.11 Å². The fourth-order valence-electron chi connectivity index (χ4n) is 6.48. The van der Waals surface area contributed by atoms with Crippen molar-refractivity contribution in [3.63, 3.8) is 0 Å². The molecule has 4 bridgehead atoms. The lowest BCUT2D eigenvalue weighted by Crippen LogP contribution is -2.78. The molecule has 0 aliphatic carbocycles. The van der Waals surface area contributed by atoms with Crippen LogP contribution < -0.4 is 0 Å². The van der Waals surface area contributed by atoms with E-state index in [4.69, 9.17) is 0 Å². The Kier molecular flexibility index (Phi) is 3.45. The number of para-hydroxylation sites is 1. The number of fused-ring (bicyclic) bond motifs is 1. The average molecular weight is 354 g/mol. The van der Waals surface area contributed by atoms with Gasteiger partial charge in [0.1, 0.15) is 0 Å². The van der Waals surface area contributed by atoms with Gasteiger partial charge < -0.3 is 9.67 Å². The Balaban J connectivity index is 1.66. The Morgan fingerprint density at radius 2 is 1.54 bits per heavy atom. The third kappa shape index (κ3) is 1.85. The Labute approximate surface area is 156 Å². The summed E-state index contributed by atoms with van der Waals surface area (Å²) in [4.78, 5) is 5.36. The SMILES string of the molecule is CCC12CN3CC(CC)(CN(C1)C3c1c(C)n(C)c3ccccc13)C2O. The van der Waals surface area contributed by atoms with Gasteiger partial charge in [0.05, 0.1) is 12.3 Å². The van der Waals surface area contributed by atoms with Crippen molar-refractivity contribution in [2.24, 2.45) is 17.9 Å². The Morgan fingerprint density at radius 1 is 1.00 bits per heavy atom. The number of aliphatic hydroxyl groups excluding tert-OH is 1. The predicted molar refractivity (Wildman–Crippen MR) is 105 cm³/mol. The van der Waals surface area contributed by atoms with E-state index < -0.39 is 0 Å². The number of nitrogens with zero attached hydrogens (tertiary/aromatic N) is 3. The van der Waals surface area contributed by atoms with Gasteiger partial charge in [-0.3, -0.25) is 9.80 Å². The summed E-state index contributed by atoms with van der Waals surface area (Å²) in [6.07, 6.45) is 2.31. The first-order valence-electron chi connectivity index (χ1n) is 10.2. The summed E-state index contributed by atoms with van der Waals surface area (Å²) < 4.78 is 2.35. The quantitative estimate of drug-likeness (QED) is 0.919. The van der Waals surface area contributed by atoms with E-state index in [2.05, 4.69) is 66.5 Å². The Hall–Kier alpha value is -1.36. The molecule has 0 unspecified atom stereocenters. The molecule has 5 heterocycles. The van der Waals surface area contributed by atoms with Crippen LogP contribution in [-0.2, 0) is 7.05 Å². The van der Waals surface area contributed by atoms with Gasteiger partial charge in [0, 0.05) is 66.2 Å². The molecule has 4 fully saturated rings. The molecule has 0 amide bonds. The number of rotatable bonds is 3. The minimum absolute atomic E-state index is 0.0432. The standard InChI is InChI=1S/C22H31N3O/c1-5-21-11-24-13-22(6-2,20(21)26)14-25(12-21)19(24)18-15(3)23(4)17-10-8-7-9-16(17)18/h7-10,19-20,26H,5-6,11-14H2,1-4H3. The fourth-order valence-corrected chi connectivity index (χ4v) is 6.48. The van der Waals surface area contributed by atoms with Gasteiger partial charge in [-0.1, -0.05) is 32.0 Å². The molecule has 1 aromatic carbocycles. The molecule has 4 heteroatoms. The second-order valence-corrected chi connectivity index (χ2v) is 9.09. The van der Waals surface area contributed by atoms with Crippen molar-refractivity contribution in [2.45, 2.75) is 45.9 Å². The second kappa shape index (κ2) is 5.34. The fraction of sp³-hybridized carbons (Fsp3) is 0.636. The summed E-state index contributed by atoms with van der Waals surface area (Å²) in [6, 6.07) is 8.82. The molecule has 0 radical (unpaired) electrons. The smallest absolute Gasteiger partial charge is 0.0910 e. The zero-order valence-corrected chi connectivity index (χ0v) is 16.5. The lowest BCUT2D eigenvalue weighted by molar-refractivity contribution is -0.266. The van der Waals surface area contributed by atoms with Gasteiger partial charge in [0.25, 0.3) is 0 Å². The minimum atomic E-state index is -0.160. The van der Waals surface area contributed by atoms with Crippen LogP contribution in [0.25, 0.3) is 10.9 Å². The third-order valence-corrected chi connectivity index (χ3v) is 8.04. The number of aromatic nitrogens is 1. The maximum absolute atomic E-state index is 11.3. The molecule has 1 aromatic heterocycles. The first-order chi connectivity index (χ1) is 12.5. The summed E-state index contributed by atoms with van der Waals surface area (Å²) in [5.74, 6) is 0. The van der Waals surface area contributed by atoms with E-state index in [-0.39, 0.29) is 16.9 Å². The van der Waals surface area contributed by atoms with Crippen molar-refractivity contribution >= 4 is 10.9 Å². The monoisotopic (exact) mass is 353 g/mol. The van der Waals surface area contributed by atoms with Gasteiger partial charge in [-0.15, -0.1) is 0 Å². The average Bonchev–Trinajstić information content (AvgIpc) is 2.90. The van der Waals surface area contributed by atoms with Crippen molar-refractivity contribution in [3.05, 3.63) is 35.5 Å². The summed E-state index contributed by atoms with van der Waals surface area (Å²) >= 11 is 0. The van der Waals surface area contributed by atoms with Gasteiger partial charge in [0.15, 0.2) is 0 Å². The highest BCUT2D eigenvalue weighted by molar-refractivity contribution is 5.86. The zero-order valence-electron chi connectivity index (χ0n) is 16.5. The van der Waals surface area contributed by atoms with Crippen LogP contribution in [0.15, 0.2) is 24.3 Å². The van der Waals surface area contributed by atoms with E-state index in [1.165, 1.54) is 22.2 Å². The van der Waals surface area contributed by atoms with E-state index in [1.54, 1.807) is 0 Å². The summed E-state index contributed by atoms with van der Waals surface area (Å²) in [5, 5.41) is 12.6. The van der Waals surface area contributed by atoms with Crippen LogP contribution in [0.2, 0.25) is 0 Å². The van der Waals surface area contributed by atoms with Crippen LogP contribution in [0, 0.1) is 17.8 Å². The molecular weight excluding hydrogens is 322 g/mol. The van der Waals surface area contributed by atoms with Crippen LogP contribution in [-0.4, -0.2) is 51.8 Å². The lowest BCUT2D eigenvalue weighted by atomic mass is 9.57. The molecule has 0 spiro atoms. The number of piperidine rings is 2. The maximum Gasteiger partial charge on any atom is 0.0910 e. The molecule has 4 saturated heterocycles. The normalized spacial score (nSPS) is 41.3. The summed E-state index contributed by atoms with van der Waals surface area (Å²) in [7, 11) is 2.19. The molecule has 2 aromatic rings. The van der Waals surface area contributed by atoms with E-state index in [0.29, 0.717) is 6.17 Å². The molecule has 1 N–H and O–H groups in total. The van der Waals surface area contributed by atoms with Gasteiger partial charge in [-0.2, -0.15) is 0 Å². The van der Waals surface area contributed by atoms with Crippen LogP contribution in [0.3, 0.4) is 0 Å². The summed E-state index contributed by atoms with van der Waals surface area (Å²) in [5.41, 5.74) is 4.27. The van der Waals surface area contributed by atoms with Crippen LogP contribution in [0.5, 0.6) is 0 Å². The van der Waals surface area contributed by atoms with Crippen LogP contribution in [0.1, 0.15) is 44.1 Å². The Morgan fingerprint density at radius 3 is 2.08 bits per heavy atom. The molecule has 26 heavy (non-hydrogen) atoms. The summed E-state index contributed by atoms with van der Waals surface area (Å²) in [6.45, 7) is 10.9. The highest BCUT2D eigenvalue weighted by Gasteiger charge is 2.64. The molecule has 6 rings (SSSR count). The highest BCUT2D eigenvalue weighted by Crippen LogP contribution is 2.57. The van der Waals surface area contributed by atoms with E-state index >= 15 is 0 Å². The topological polar surface area (TPSA) is 31.6 Å². The van der Waals surface area contributed by atoms with Crippen molar-refractivity contribution in [1.29, 1.82) is 0 Å². The molecule has 0 atom stereocenters. The number of aryl methyl sites for hydroxylation is 1. The van der Waals surface area contributed by atoms with E-state index in [9.17, 15) is 5.11 Å². The zero-order chi connectivity index (χ0) is 18.3. The Bertz CT molecular complexity index is 830. The number of benzene rings is 1. The molecular formula is C22H31N3O. The first-order valence-corrected chi connectivity index (χ1v) is 10.2. The van der Waals surface area contributed by atoms with Crippen LogP contribution >= 0.6 is 0 Å². The van der Waals surface area contributed by atoms with Gasteiger partial charge in [-0.25, -0.2) is 0 Å². The minimum Gasteiger partial charge on any atom is -0.392 e. The second-order valence-electron chi connectivity index (χ2n) is 9.09. The molecule has 140 valence electrons. The van der Waals surface area contributed by atoms with Gasteiger partial charge >= 0.3 is 0 Å². The van der Waals surface area contributed by atoms with E-state index in [0.717, 1.165) is 39.0 Å². The molecule has 4 nitrogen and oxygen atoms in total. The molecule has 0 saturated carbocycles. The predicted octanol–water partition coefficient (Wildman–Crippen LogP) is 3.28. The van der Waals surface area contributed by atoms with Crippen molar-refractivity contribution in [1.82, 2.24) is 14.4 Å². The maximum atomic E-state index is 11.3. The van der Waals surface area contributed by atoms with E-state index in [1.807, 2.05) is 0 Å². The van der Waals surface area contributed by atoms with Crippen LogP contribution in [0.4, 0.5) is 0 Å². The number of hydrogen-bond donors (Lipinski definition) is 1.